The molecule has 3 aliphatic heterocycles. The van der Waals surface area contributed by atoms with Crippen LogP contribution in [0.5, 0.6) is 6.01 Å². The number of hydrogen-bond acceptors (Lipinski definition) is 6. The van der Waals surface area contributed by atoms with Gasteiger partial charge in [0.25, 0.3) is 0 Å². The summed E-state index contributed by atoms with van der Waals surface area (Å²) in [6.45, 7) is 7.82. The van der Waals surface area contributed by atoms with Gasteiger partial charge in [-0.1, -0.05) is 30.8 Å². The van der Waals surface area contributed by atoms with Crippen molar-refractivity contribution in [1.82, 2.24) is 24.8 Å². The van der Waals surface area contributed by atoms with E-state index in [1.807, 2.05) is 17.8 Å². The fourth-order valence-corrected chi connectivity index (χ4v) is 7.50. The third-order valence-corrected chi connectivity index (χ3v) is 9.87. The number of ether oxygens (including phenoxy) is 1. The summed E-state index contributed by atoms with van der Waals surface area (Å²) in [6, 6.07) is 8.32. The Hall–Kier alpha value is -4.38. The van der Waals surface area contributed by atoms with Crippen LogP contribution in [0.15, 0.2) is 49.2 Å². The quantitative estimate of drug-likeness (QED) is 0.147. The number of fused-ring (bicyclic) bond motifs is 3. The van der Waals surface area contributed by atoms with Gasteiger partial charge in [0.05, 0.1) is 18.8 Å². The zero-order valence-electron chi connectivity index (χ0n) is 26.0. The molecule has 2 aromatic carbocycles. The van der Waals surface area contributed by atoms with E-state index < -0.39 is 17.5 Å². The van der Waals surface area contributed by atoms with Crippen molar-refractivity contribution in [3.05, 3.63) is 66.4 Å². The molecule has 0 bridgehead atoms. The van der Waals surface area contributed by atoms with Crippen LogP contribution in [0.4, 0.5) is 19.0 Å². The second-order valence-corrected chi connectivity index (χ2v) is 12.7. The van der Waals surface area contributed by atoms with Gasteiger partial charge in [-0.15, -0.1) is 0 Å². The molecule has 2 aromatic heterocycles. The van der Waals surface area contributed by atoms with Gasteiger partial charge in [-0.3, -0.25) is 14.7 Å². The lowest BCUT2D eigenvalue weighted by molar-refractivity contribution is -0.405. The molecule has 3 atom stereocenters. The van der Waals surface area contributed by atoms with Crippen LogP contribution in [-0.2, 0) is 4.79 Å². The van der Waals surface area contributed by atoms with Crippen molar-refractivity contribution in [2.45, 2.75) is 44.3 Å². The van der Waals surface area contributed by atoms with Crippen molar-refractivity contribution >= 4 is 39.6 Å². The number of amides is 1. The number of hydrogen-bond donors (Lipinski definition) is 0. The van der Waals surface area contributed by atoms with Crippen LogP contribution in [0.2, 0.25) is 0 Å². The van der Waals surface area contributed by atoms with Gasteiger partial charge in [0.15, 0.2) is 5.82 Å². The maximum Gasteiger partial charge on any atom is 0.434 e. The van der Waals surface area contributed by atoms with Gasteiger partial charge in [-0.2, -0.15) is 4.98 Å². The summed E-state index contributed by atoms with van der Waals surface area (Å²) >= 11 is 0. The molecule has 1 amide bonds. The average molecular weight is 630 g/mol. The average Bonchev–Trinajstić information content (AvgIpc) is 3.75. The largest absolute Gasteiger partial charge is 0.443 e. The van der Waals surface area contributed by atoms with E-state index >= 15 is 4.39 Å². The fourth-order valence-electron chi connectivity index (χ4n) is 7.50. The van der Waals surface area contributed by atoms with E-state index in [1.54, 1.807) is 42.3 Å². The van der Waals surface area contributed by atoms with E-state index in [9.17, 15) is 13.6 Å². The minimum absolute atomic E-state index is 0.00643. The smallest absolute Gasteiger partial charge is 0.434 e. The Balaban J connectivity index is 1.32. The van der Waals surface area contributed by atoms with Gasteiger partial charge < -0.3 is 9.64 Å². The van der Waals surface area contributed by atoms with E-state index in [4.69, 9.17) is 9.72 Å². The Bertz CT molecular complexity index is 1920. The minimum Gasteiger partial charge on any atom is -0.443 e. The molecule has 4 aromatic rings. The zero-order chi connectivity index (χ0) is 32.2. The molecule has 11 heteroatoms. The van der Waals surface area contributed by atoms with Crippen LogP contribution in [0.3, 0.4) is 0 Å². The summed E-state index contributed by atoms with van der Waals surface area (Å²) in [4.78, 5) is 29.9. The van der Waals surface area contributed by atoms with E-state index in [0.29, 0.717) is 59.2 Å². The highest BCUT2D eigenvalue weighted by atomic mass is 19.1. The fraction of sp³-hybridized carbons (Fsp3) is 0.400. The molecule has 7 rings (SSSR count). The molecule has 0 spiro atoms. The Morgan fingerprint density at radius 2 is 2.00 bits per heavy atom. The Morgan fingerprint density at radius 3 is 2.83 bits per heavy atom. The number of nitrogens with zero attached hydrogens (tertiary/aromatic N) is 6. The highest BCUT2D eigenvalue weighted by Crippen LogP contribution is 2.41. The SMILES string of the molecule is C=CC(=O)N1CCC(C=[N+](C)c2nc(OC[C@@]34CCCN3C[C@H](F)C4)nc3c(F)c(-c4cccc5c(C)c(F)ccc45)ncc23)C1. The van der Waals surface area contributed by atoms with E-state index in [2.05, 4.69) is 21.4 Å². The second kappa shape index (κ2) is 11.8. The number of carbonyl (C=O) groups is 1. The molecule has 0 aliphatic carbocycles. The van der Waals surface area contributed by atoms with Crippen molar-refractivity contribution in [3.8, 4) is 17.3 Å². The zero-order valence-corrected chi connectivity index (χ0v) is 26.0. The van der Waals surface area contributed by atoms with Crippen molar-refractivity contribution < 1.29 is 27.3 Å². The molecule has 5 heterocycles. The summed E-state index contributed by atoms with van der Waals surface area (Å²) in [5, 5.41) is 1.73. The van der Waals surface area contributed by atoms with Gasteiger partial charge in [0.1, 0.15) is 35.2 Å². The summed E-state index contributed by atoms with van der Waals surface area (Å²) < 4.78 is 53.5. The first-order chi connectivity index (χ1) is 22.2. The number of aromatic nitrogens is 3. The molecule has 238 valence electrons. The van der Waals surface area contributed by atoms with Crippen LogP contribution in [-0.4, -0.2) is 93.0 Å². The lowest BCUT2D eigenvalue weighted by Crippen LogP contribution is -2.43. The molecule has 3 saturated heterocycles. The Morgan fingerprint density at radius 1 is 1.15 bits per heavy atom. The first kappa shape index (κ1) is 30.3. The summed E-state index contributed by atoms with van der Waals surface area (Å²) in [5.41, 5.74) is 0.671. The maximum atomic E-state index is 16.7. The Kier molecular flexibility index (Phi) is 7.75. The molecule has 3 fully saturated rings. The van der Waals surface area contributed by atoms with Crippen LogP contribution in [0, 0.1) is 24.5 Å². The molecule has 0 radical (unpaired) electrons. The first-order valence-electron chi connectivity index (χ1n) is 15.7. The number of carbonyl (C=O) groups excluding carboxylic acids is 1. The van der Waals surface area contributed by atoms with Crippen LogP contribution >= 0.6 is 0 Å². The molecule has 0 saturated carbocycles. The van der Waals surface area contributed by atoms with Gasteiger partial charge in [0, 0.05) is 48.7 Å². The number of likely N-dealkylation sites (tertiary alicyclic amines) is 1. The van der Waals surface area contributed by atoms with Crippen LogP contribution in [0.25, 0.3) is 32.9 Å². The van der Waals surface area contributed by atoms with Gasteiger partial charge in [0.2, 0.25) is 5.91 Å². The molecule has 8 nitrogen and oxygen atoms in total. The number of pyridine rings is 1. The number of rotatable bonds is 7. The van der Waals surface area contributed by atoms with E-state index in [1.165, 1.54) is 12.1 Å². The van der Waals surface area contributed by atoms with E-state index in [-0.39, 0.29) is 41.5 Å². The third kappa shape index (κ3) is 5.20. The topological polar surface area (TPSA) is 74.5 Å². The first-order valence-corrected chi connectivity index (χ1v) is 15.7. The normalized spacial score (nSPS) is 23.4. The lowest BCUT2D eigenvalue weighted by atomic mass is 9.95. The van der Waals surface area contributed by atoms with Crippen molar-refractivity contribution in [2.24, 2.45) is 5.92 Å². The second-order valence-electron chi connectivity index (χ2n) is 12.7. The number of benzene rings is 2. The van der Waals surface area contributed by atoms with Crippen molar-refractivity contribution in [2.75, 3.05) is 39.8 Å². The lowest BCUT2D eigenvalue weighted by Gasteiger charge is -2.30. The number of alkyl halides is 1. The van der Waals surface area contributed by atoms with Gasteiger partial charge >= 0.3 is 11.8 Å². The highest BCUT2D eigenvalue weighted by molar-refractivity contribution is 5.99. The number of aryl methyl sites for hydroxylation is 1. The van der Waals surface area contributed by atoms with E-state index in [0.717, 1.165) is 25.8 Å². The standard InChI is InChI=1S/C35H36F3N6O2/c1-4-29(45)43-14-11-22(18-43)17-42(3)33-27-16-39-31(26-8-5-7-24-21(2)28(37)10-9-25(24)26)30(38)32(27)40-34(41-33)46-20-35-12-6-13-44(35)19-23(36)15-35/h4-5,7-10,16-17,22-23H,1,6,11-15,18-20H2,2-3H3/q+1/t22?,23-,35+/m1/s1. The maximum absolute atomic E-state index is 16.7. The highest BCUT2D eigenvalue weighted by Gasteiger charge is 2.49. The summed E-state index contributed by atoms with van der Waals surface area (Å²) in [7, 11) is 1.82. The minimum atomic E-state index is -0.916. The predicted molar refractivity (Wildman–Crippen MR) is 170 cm³/mol. The van der Waals surface area contributed by atoms with Gasteiger partial charge in [-0.25, -0.2) is 17.7 Å². The van der Waals surface area contributed by atoms with Crippen molar-refractivity contribution in [1.29, 1.82) is 0 Å². The summed E-state index contributed by atoms with van der Waals surface area (Å²) in [6.07, 6.45) is 6.83. The van der Waals surface area contributed by atoms with Crippen LogP contribution < -0.4 is 4.74 Å². The molecular formula is C35H36F3N6O2+. The molecule has 46 heavy (non-hydrogen) atoms. The molecule has 1 unspecified atom stereocenters. The van der Waals surface area contributed by atoms with Gasteiger partial charge in [-0.05, 0) is 61.2 Å². The monoisotopic (exact) mass is 629 g/mol. The molecule has 3 aliphatic rings. The number of halogens is 3. The van der Waals surface area contributed by atoms with Crippen molar-refractivity contribution in [3.63, 3.8) is 0 Å². The molecular weight excluding hydrogens is 593 g/mol. The molecule has 0 N–H and O–H groups in total. The predicted octanol–water partition coefficient (Wildman–Crippen LogP) is 5.77. The Labute approximate surface area is 265 Å². The van der Waals surface area contributed by atoms with Crippen LogP contribution in [0.1, 0.15) is 31.2 Å². The third-order valence-electron chi connectivity index (χ3n) is 9.87. The summed E-state index contributed by atoms with van der Waals surface area (Å²) in [5.74, 6) is -0.656.